The second-order valence-corrected chi connectivity index (χ2v) is 5.20. The molecule has 0 aliphatic heterocycles. The molecule has 0 saturated carbocycles. The Bertz CT molecular complexity index is 646. The number of rotatable bonds is 5. The zero-order valence-electron chi connectivity index (χ0n) is 11.9. The van der Waals surface area contributed by atoms with Gasteiger partial charge in [0, 0.05) is 11.4 Å². The Hall–Kier alpha value is -2.01. The number of thioether (sulfide) groups is 1. The number of halogens is 1. The molecule has 0 radical (unpaired) electrons. The first kappa shape index (κ1) is 15.4. The van der Waals surface area contributed by atoms with Gasteiger partial charge in [-0.2, -0.15) is 0 Å². The van der Waals surface area contributed by atoms with E-state index < -0.39 is 5.82 Å². The summed E-state index contributed by atoms with van der Waals surface area (Å²) < 4.78 is 13.8. The van der Waals surface area contributed by atoms with Crippen molar-refractivity contribution in [2.45, 2.75) is 11.8 Å². The third kappa shape index (κ3) is 3.55. The van der Waals surface area contributed by atoms with E-state index in [0.717, 1.165) is 10.6 Å². The van der Waals surface area contributed by atoms with Crippen molar-refractivity contribution in [3.05, 3.63) is 53.8 Å². The minimum absolute atomic E-state index is 0.235. The second-order valence-electron chi connectivity index (χ2n) is 4.35. The topological polar surface area (TPSA) is 41.1 Å². The highest BCUT2D eigenvalue weighted by Crippen LogP contribution is 2.26. The van der Waals surface area contributed by atoms with Crippen LogP contribution in [0.5, 0.6) is 0 Å². The highest BCUT2D eigenvalue weighted by molar-refractivity contribution is 7.98. The van der Waals surface area contributed by atoms with Gasteiger partial charge in [0.25, 0.3) is 5.91 Å². The van der Waals surface area contributed by atoms with Crippen LogP contribution in [0.15, 0.2) is 47.4 Å². The van der Waals surface area contributed by atoms with E-state index >= 15 is 0 Å². The average molecular weight is 304 g/mol. The van der Waals surface area contributed by atoms with Gasteiger partial charge in [-0.15, -0.1) is 11.8 Å². The molecule has 2 aromatic rings. The van der Waals surface area contributed by atoms with E-state index in [9.17, 15) is 9.18 Å². The average Bonchev–Trinajstić information content (AvgIpc) is 2.50. The third-order valence-corrected chi connectivity index (χ3v) is 3.76. The Morgan fingerprint density at radius 1 is 1.19 bits per heavy atom. The minimum Gasteiger partial charge on any atom is -0.382 e. The summed E-state index contributed by atoms with van der Waals surface area (Å²) >= 11 is 1.55. The number of nitrogens with one attached hydrogen (secondary N) is 2. The number of carbonyl (C=O) groups is 1. The molecule has 0 fully saturated rings. The van der Waals surface area contributed by atoms with Gasteiger partial charge in [-0.3, -0.25) is 4.79 Å². The molecule has 2 rings (SSSR count). The van der Waals surface area contributed by atoms with Crippen LogP contribution < -0.4 is 10.6 Å². The summed E-state index contributed by atoms with van der Waals surface area (Å²) in [6.45, 7) is 2.40. The maximum absolute atomic E-state index is 13.8. The fourth-order valence-electron chi connectivity index (χ4n) is 2.01. The van der Waals surface area contributed by atoms with Crippen molar-refractivity contribution in [1.29, 1.82) is 0 Å². The van der Waals surface area contributed by atoms with Gasteiger partial charge < -0.3 is 10.6 Å². The molecule has 0 saturated heterocycles. The standard InChI is InChI=1S/C16H17FN2OS/c1-3-18-15-11(7-6-8-12(15)17)16(20)19-13-9-4-5-10-14(13)21-2/h4-10,18H,3H2,1-2H3,(H,19,20). The van der Waals surface area contributed by atoms with E-state index in [1.807, 2.05) is 37.4 Å². The summed E-state index contributed by atoms with van der Waals surface area (Å²) in [5, 5.41) is 5.74. The summed E-state index contributed by atoms with van der Waals surface area (Å²) in [5.41, 5.74) is 1.26. The number of para-hydroxylation sites is 2. The lowest BCUT2D eigenvalue weighted by molar-refractivity contribution is 0.102. The summed E-state index contributed by atoms with van der Waals surface area (Å²) in [7, 11) is 0. The van der Waals surface area contributed by atoms with Gasteiger partial charge in [-0.05, 0) is 37.4 Å². The van der Waals surface area contributed by atoms with Crippen LogP contribution in [0, 0.1) is 5.82 Å². The highest BCUT2D eigenvalue weighted by Gasteiger charge is 2.15. The maximum Gasteiger partial charge on any atom is 0.257 e. The number of carbonyl (C=O) groups excluding carboxylic acids is 1. The Kier molecular flexibility index (Phi) is 5.22. The van der Waals surface area contributed by atoms with Crippen molar-refractivity contribution in [3.63, 3.8) is 0 Å². The molecule has 0 heterocycles. The van der Waals surface area contributed by atoms with Gasteiger partial charge in [0.2, 0.25) is 0 Å². The zero-order valence-corrected chi connectivity index (χ0v) is 12.8. The highest BCUT2D eigenvalue weighted by atomic mass is 32.2. The van der Waals surface area contributed by atoms with Gasteiger partial charge in [0.15, 0.2) is 0 Å². The van der Waals surface area contributed by atoms with Gasteiger partial charge in [-0.25, -0.2) is 4.39 Å². The molecule has 3 nitrogen and oxygen atoms in total. The molecule has 2 N–H and O–H groups in total. The molecular formula is C16H17FN2OS. The normalized spacial score (nSPS) is 10.2. The monoisotopic (exact) mass is 304 g/mol. The summed E-state index contributed by atoms with van der Waals surface area (Å²) in [5.74, 6) is -0.755. The Morgan fingerprint density at radius 3 is 2.67 bits per heavy atom. The molecule has 2 aromatic carbocycles. The van der Waals surface area contributed by atoms with Crippen LogP contribution in [0.4, 0.5) is 15.8 Å². The first-order chi connectivity index (χ1) is 10.2. The molecule has 0 aliphatic rings. The van der Waals surface area contributed by atoms with E-state index in [1.54, 1.807) is 17.8 Å². The lowest BCUT2D eigenvalue weighted by Crippen LogP contribution is -2.16. The molecular weight excluding hydrogens is 287 g/mol. The molecule has 0 aliphatic carbocycles. The Labute approximate surface area is 127 Å². The van der Waals surface area contributed by atoms with Crippen molar-refractivity contribution in [3.8, 4) is 0 Å². The molecule has 0 aromatic heterocycles. The fraction of sp³-hybridized carbons (Fsp3) is 0.188. The molecule has 0 unspecified atom stereocenters. The number of hydrogen-bond donors (Lipinski definition) is 2. The Balaban J connectivity index is 2.30. The number of hydrogen-bond acceptors (Lipinski definition) is 3. The quantitative estimate of drug-likeness (QED) is 0.812. The smallest absolute Gasteiger partial charge is 0.257 e. The minimum atomic E-state index is -0.428. The van der Waals surface area contributed by atoms with Gasteiger partial charge in [0.05, 0.1) is 16.9 Å². The van der Waals surface area contributed by atoms with E-state index in [1.165, 1.54) is 12.1 Å². The van der Waals surface area contributed by atoms with Crippen LogP contribution >= 0.6 is 11.8 Å². The van der Waals surface area contributed by atoms with Crippen molar-refractivity contribution >= 4 is 29.0 Å². The molecule has 1 amide bonds. The van der Waals surface area contributed by atoms with Gasteiger partial charge >= 0.3 is 0 Å². The van der Waals surface area contributed by atoms with Crippen LogP contribution in [0.1, 0.15) is 17.3 Å². The van der Waals surface area contributed by atoms with E-state index in [0.29, 0.717) is 12.1 Å². The molecule has 5 heteroatoms. The number of amides is 1. The van der Waals surface area contributed by atoms with Gasteiger partial charge in [0.1, 0.15) is 5.82 Å². The van der Waals surface area contributed by atoms with E-state index in [4.69, 9.17) is 0 Å². The molecule has 0 bridgehead atoms. The number of anilines is 2. The molecule has 0 spiro atoms. The van der Waals surface area contributed by atoms with Gasteiger partial charge in [-0.1, -0.05) is 18.2 Å². The number of benzene rings is 2. The van der Waals surface area contributed by atoms with E-state index in [2.05, 4.69) is 10.6 Å². The second kappa shape index (κ2) is 7.13. The molecule has 21 heavy (non-hydrogen) atoms. The van der Waals surface area contributed by atoms with E-state index in [-0.39, 0.29) is 11.6 Å². The Morgan fingerprint density at radius 2 is 1.95 bits per heavy atom. The lowest BCUT2D eigenvalue weighted by atomic mass is 10.1. The van der Waals surface area contributed by atoms with Crippen molar-refractivity contribution in [2.24, 2.45) is 0 Å². The summed E-state index contributed by atoms with van der Waals surface area (Å²) in [6.07, 6.45) is 1.94. The predicted molar refractivity (Wildman–Crippen MR) is 86.7 cm³/mol. The largest absolute Gasteiger partial charge is 0.382 e. The van der Waals surface area contributed by atoms with Crippen molar-refractivity contribution < 1.29 is 9.18 Å². The maximum atomic E-state index is 13.8. The first-order valence-electron chi connectivity index (χ1n) is 6.64. The lowest BCUT2D eigenvalue weighted by Gasteiger charge is -2.13. The van der Waals surface area contributed by atoms with Crippen LogP contribution in [0.25, 0.3) is 0 Å². The summed E-state index contributed by atoms with van der Waals surface area (Å²) in [4.78, 5) is 13.4. The predicted octanol–water partition coefficient (Wildman–Crippen LogP) is 4.23. The first-order valence-corrected chi connectivity index (χ1v) is 7.86. The van der Waals surface area contributed by atoms with Crippen LogP contribution in [0.3, 0.4) is 0 Å². The summed E-state index contributed by atoms with van der Waals surface area (Å²) in [6, 6.07) is 12.0. The zero-order chi connectivity index (χ0) is 15.2. The third-order valence-electron chi connectivity index (χ3n) is 2.97. The fourth-order valence-corrected chi connectivity index (χ4v) is 2.56. The SMILES string of the molecule is CCNc1c(F)cccc1C(=O)Nc1ccccc1SC. The molecule has 0 atom stereocenters. The van der Waals surface area contributed by atoms with Crippen LogP contribution in [0.2, 0.25) is 0 Å². The van der Waals surface area contributed by atoms with Crippen molar-refractivity contribution in [1.82, 2.24) is 0 Å². The van der Waals surface area contributed by atoms with Crippen LogP contribution in [-0.4, -0.2) is 18.7 Å². The molecule has 110 valence electrons. The van der Waals surface area contributed by atoms with Crippen molar-refractivity contribution in [2.75, 3.05) is 23.4 Å². The van der Waals surface area contributed by atoms with Crippen LogP contribution in [-0.2, 0) is 0 Å².